The van der Waals surface area contributed by atoms with Gasteiger partial charge in [0.2, 0.25) is 0 Å². The fourth-order valence-corrected chi connectivity index (χ4v) is 1.86. The zero-order valence-corrected chi connectivity index (χ0v) is 12.3. The van der Waals surface area contributed by atoms with E-state index in [1.807, 2.05) is 38.1 Å². The first-order valence-corrected chi connectivity index (χ1v) is 6.49. The minimum absolute atomic E-state index is 0.313. The number of methoxy groups -OCH3 is 1. The lowest BCUT2D eigenvalue weighted by atomic mass is 9.95. The van der Waals surface area contributed by atoms with Crippen molar-refractivity contribution in [2.75, 3.05) is 19.0 Å². The summed E-state index contributed by atoms with van der Waals surface area (Å²) in [4.78, 5) is 12.2. The molecule has 0 saturated carbocycles. The fourth-order valence-electron chi connectivity index (χ4n) is 1.86. The van der Waals surface area contributed by atoms with E-state index in [0.29, 0.717) is 6.61 Å². The van der Waals surface area contributed by atoms with Gasteiger partial charge in [0.05, 0.1) is 12.7 Å². The van der Waals surface area contributed by atoms with Crippen molar-refractivity contribution in [2.45, 2.75) is 39.3 Å². The normalized spacial score (nSPS) is 15.4. The van der Waals surface area contributed by atoms with E-state index in [-0.39, 0.29) is 12.1 Å². The van der Waals surface area contributed by atoms with Gasteiger partial charge in [0, 0.05) is 12.8 Å². The second-order valence-corrected chi connectivity index (χ2v) is 4.80. The maximum Gasteiger partial charge on any atom is 0.334 e. The van der Waals surface area contributed by atoms with Crippen molar-refractivity contribution in [2.24, 2.45) is 0 Å². The highest BCUT2D eigenvalue weighted by Crippen LogP contribution is 2.23. The van der Waals surface area contributed by atoms with Crippen LogP contribution in [-0.2, 0) is 14.3 Å². The zero-order valence-electron chi connectivity index (χ0n) is 12.3. The van der Waals surface area contributed by atoms with Crippen LogP contribution in [0.3, 0.4) is 0 Å². The van der Waals surface area contributed by atoms with Crippen molar-refractivity contribution in [3.05, 3.63) is 29.8 Å². The molecule has 4 heteroatoms. The Balaban J connectivity index is 3.01. The van der Waals surface area contributed by atoms with Crippen LogP contribution in [0.25, 0.3) is 0 Å². The van der Waals surface area contributed by atoms with Crippen molar-refractivity contribution in [3.8, 4) is 0 Å². The Morgan fingerprint density at radius 1 is 1.47 bits per heavy atom. The molecule has 19 heavy (non-hydrogen) atoms. The minimum atomic E-state index is -0.918. The molecule has 2 unspecified atom stereocenters. The van der Waals surface area contributed by atoms with Gasteiger partial charge in [0.15, 0.2) is 5.54 Å². The van der Waals surface area contributed by atoms with Gasteiger partial charge in [-0.15, -0.1) is 0 Å². The molecular formula is C15H23NO3. The predicted molar refractivity (Wildman–Crippen MR) is 76.3 cm³/mol. The molecule has 0 aliphatic carbocycles. The van der Waals surface area contributed by atoms with Crippen LogP contribution in [0.5, 0.6) is 0 Å². The summed E-state index contributed by atoms with van der Waals surface area (Å²) >= 11 is 0. The lowest BCUT2D eigenvalue weighted by Gasteiger charge is -2.34. The quantitative estimate of drug-likeness (QED) is 0.803. The van der Waals surface area contributed by atoms with Gasteiger partial charge < -0.3 is 14.8 Å². The summed E-state index contributed by atoms with van der Waals surface area (Å²) in [5, 5.41) is 3.23. The van der Waals surface area contributed by atoms with Gasteiger partial charge in [-0.3, -0.25) is 0 Å². The van der Waals surface area contributed by atoms with Crippen LogP contribution in [0.2, 0.25) is 0 Å². The number of nitrogens with one attached hydrogen (secondary N) is 1. The number of carbonyl (C=O) groups excluding carboxylic acids is 1. The average Bonchev–Trinajstić information content (AvgIpc) is 2.37. The van der Waals surface area contributed by atoms with E-state index in [1.165, 1.54) is 0 Å². The van der Waals surface area contributed by atoms with Crippen molar-refractivity contribution in [3.63, 3.8) is 0 Å². The van der Waals surface area contributed by atoms with E-state index in [4.69, 9.17) is 9.47 Å². The summed E-state index contributed by atoms with van der Waals surface area (Å²) in [6, 6.07) is 7.86. The number of carbonyl (C=O) groups is 1. The van der Waals surface area contributed by atoms with Crippen molar-refractivity contribution < 1.29 is 14.3 Å². The van der Waals surface area contributed by atoms with E-state index in [1.54, 1.807) is 21.0 Å². The van der Waals surface area contributed by atoms with Crippen LogP contribution in [0.1, 0.15) is 26.3 Å². The maximum atomic E-state index is 12.2. The number of hydrogen-bond acceptors (Lipinski definition) is 4. The number of rotatable bonds is 6. The Morgan fingerprint density at radius 3 is 2.68 bits per heavy atom. The Hall–Kier alpha value is -1.55. The fraction of sp³-hybridized carbons (Fsp3) is 0.533. The van der Waals surface area contributed by atoms with Crippen LogP contribution >= 0.6 is 0 Å². The Kier molecular flexibility index (Phi) is 5.36. The molecule has 1 aromatic carbocycles. The molecule has 0 aromatic heterocycles. The molecule has 106 valence electrons. The second-order valence-electron chi connectivity index (χ2n) is 4.80. The summed E-state index contributed by atoms with van der Waals surface area (Å²) in [6.07, 6.45) is -0.313. The van der Waals surface area contributed by atoms with E-state index in [0.717, 1.165) is 11.3 Å². The number of anilines is 1. The van der Waals surface area contributed by atoms with Crippen LogP contribution in [0, 0.1) is 6.92 Å². The van der Waals surface area contributed by atoms with E-state index >= 15 is 0 Å². The highest BCUT2D eigenvalue weighted by Gasteiger charge is 2.41. The Labute approximate surface area is 115 Å². The molecule has 1 N–H and O–H groups in total. The van der Waals surface area contributed by atoms with E-state index in [2.05, 4.69) is 5.32 Å². The van der Waals surface area contributed by atoms with Gasteiger partial charge in [-0.1, -0.05) is 12.1 Å². The first-order valence-electron chi connectivity index (χ1n) is 6.49. The highest BCUT2D eigenvalue weighted by atomic mass is 16.5. The Morgan fingerprint density at radius 2 is 2.16 bits per heavy atom. The lowest BCUT2D eigenvalue weighted by molar-refractivity contribution is -0.152. The van der Waals surface area contributed by atoms with Crippen molar-refractivity contribution in [1.82, 2.24) is 0 Å². The summed E-state index contributed by atoms with van der Waals surface area (Å²) in [7, 11) is 1.58. The maximum absolute atomic E-state index is 12.2. The molecule has 0 saturated heterocycles. The number of aryl methyl sites for hydroxylation is 1. The third-order valence-electron chi connectivity index (χ3n) is 3.29. The SMILES string of the molecule is CCOC(=O)C(C)(Nc1cccc(C)c1)C(C)OC. The number of ether oxygens (including phenoxy) is 2. The summed E-state index contributed by atoms with van der Waals surface area (Å²) in [6.45, 7) is 7.79. The summed E-state index contributed by atoms with van der Waals surface area (Å²) < 4.78 is 10.5. The molecule has 1 rings (SSSR count). The van der Waals surface area contributed by atoms with Crippen molar-refractivity contribution in [1.29, 1.82) is 0 Å². The lowest BCUT2D eigenvalue weighted by Crippen LogP contribution is -2.53. The molecule has 0 amide bonds. The standard InChI is InChI=1S/C15H23NO3/c1-6-19-14(17)15(4,12(3)18-5)16-13-9-7-8-11(2)10-13/h7-10,12,16H,6H2,1-5H3. The van der Waals surface area contributed by atoms with Crippen molar-refractivity contribution >= 4 is 11.7 Å². The molecule has 0 fully saturated rings. The molecule has 0 spiro atoms. The van der Waals surface area contributed by atoms with Crippen LogP contribution < -0.4 is 5.32 Å². The summed E-state index contributed by atoms with van der Waals surface area (Å²) in [5.74, 6) is -0.314. The molecule has 0 aliphatic rings. The van der Waals surface area contributed by atoms with Gasteiger partial charge in [-0.25, -0.2) is 4.79 Å². The highest BCUT2D eigenvalue weighted by molar-refractivity contribution is 5.85. The Bertz CT molecular complexity index is 433. The number of hydrogen-bond donors (Lipinski definition) is 1. The number of esters is 1. The molecule has 0 heterocycles. The number of benzene rings is 1. The topological polar surface area (TPSA) is 47.6 Å². The first-order chi connectivity index (χ1) is 8.93. The molecule has 1 aromatic rings. The van der Waals surface area contributed by atoms with E-state index in [9.17, 15) is 4.79 Å². The third kappa shape index (κ3) is 3.70. The molecule has 2 atom stereocenters. The first kappa shape index (κ1) is 15.5. The minimum Gasteiger partial charge on any atom is -0.464 e. The smallest absolute Gasteiger partial charge is 0.334 e. The molecular weight excluding hydrogens is 242 g/mol. The molecule has 0 bridgehead atoms. The monoisotopic (exact) mass is 265 g/mol. The molecule has 0 radical (unpaired) electrons. The largest absolute Gasteiger partial charge is 0.464 e. The summed E-state index contributed by atoms with van der Waals surface area (Å²) in [5.41, 5.74) is 1.08. The second kappa shape index (κ2) is 6.57. The molecule has 4 nitrogen and oxygen atoms in total. The van der Waals surface area contributed by atoms with E-state index < -0.39 is 5.54 Å². The van der Waals surface area contributed by atoms with Crippen LogP contribution in [0.15, 0.2) is 24.3 Å². The van der Waals surface area contributed by atoms with Crippen LogP contribution in [-0.4, -0.2) is 31.3 Å². The average molecular weight is 265 g/mol. The van der Waals surface area contributed by atoms with Gasteiger partial charge in [-0.2, -0.15) is 0 Å². The zero-order chi connectivity index (χ0) is 14.5. The van der Waals surface area contributed by atoms with Gasteiger partial charge in [0.1, 0.15) is 0 Å². The van der Waals surface area contributed by atoms with Crippen LogP contribution in [0.4, 0.5) is 5.69 Å². The molecule has 0 aliphatic heterocycles. The van der Waals surface area contributed by atoms with Gasteiger partial charge >= 0.3 is 5.97 Å². The predicted octanol–water partition coefficient (Wildman–Crippen LogP) is 2.76. The van der Waals surface area contributed by atoms with Gasteiger partial charge in [-0.05, 0) is 45.4 Å². The van der Waals surface area contributed by atoms with Gasteiger partial charge in [0.25, 0.3) is 0 Å². The third-order valence-corrected chi connectivity index (χ3v) is 3.29.